The number of carbonyl (C=O) groups is 3. The smallest absolute Gasteiger partial charge is 0.329 e. The lowest BCUT2D eigenvalue weighted by molar-refractivity contribution is -0.136. The van der Waals surface area contributed by atoms with Gasteiger partial charge in [0.05, 0.1) is 16.9 Å². The molecule has 0 spiro atoms. The molecule has 0 bridgehead atoms. The van der Waals surface area contributed by atoms with Gasteiger partial charge in [0.1, 0.15) is 5.75 Å². The van der Waals surface area contributed by atoms with Crippen LogP contribution in [0.4, 0.5) is 11.4 Å². The molecule has 33 heavy (non-hydrogen) atoms. The van der Waals surface area contributed by atoms with Crippen LogP contribution in [0.2, 0.25) is 5.02 Å². The fourth-order valence-corrected chi connectivity index (χ4v) is 2.90. The van der Waals surface area contributed by atoms with Gasteiger partial charge in [-0.1, -0.05) is 54.1 Å². The fourth-order valence-electron chi connectivity index (χ4n) is 2.71. The number of para-hydroxylation sites is 3. The number of hydrogen-bond acceptors (Lipinski definition) is 5. The van der Waals surface area contributed by atoms with Crippen molar-refractivity contribution in [1.29, 1.82) is 0 Å². The standard InChI is InChI=1S/C24H21ClN4O4/c1-16-8-2-5-11-19(16)27-22(30)15-33-21-13-7-3-9-17(21)14-26-29-24(32)23(31)28-20-12-6-4-10-18(20)25/h2-14H,15H2,1H3,(H,27,30)(H,28,31)(H,29,32)/b26-14-. The fraction of sp³-hybridized carbons (Fsp3) is 0.0833. The van der Waals surface area contributed by atoms with E-state index >= 15 is 0 Å². The average molecular weight is 465 g/mol. The molecule has 9 heteroatoms. The summed E-state index contributed by atoms with van der Waals surface area (Å²) in [6.45, 7) is 1.68. The highest BCUT2D eigenvalue weighted by Gasteiger charge is 2.14. The molecule has 3 aromatic rings. The molecule has 0 aliphatic carbocycles. The SMILES string of the molecule is Cc1ccccc1NC(=O)COc1ccccc1/C=N\NC(=O)C(=O)Nc1ccccc1Cl. The minimum absolute atomic E-state index is 0.216. The second-order valence-corrected chi connectivity index (χ2v) is 7.23. The first kappa shape index (κ1) is 23.5. The van der Waals surface area contributed by atoms with Crippen LogP contribution in [0.25, 0.3) is 0 Å². The van der Waals surface area contributed by atoms with Crippen molar-refractivity contribution in [2.24, 2.45) is 5.10 Å². The van der Waals surface area contributed by atoms with Crippen molar-refractivity contribution < 1.29 is 19.1 Å². The summed E-state index contributed by atoms with van der Waals surface area (Å²) in [6.07, 6.45) is 1.31. The van der Waals surface area contributed by atoms with Crippen LogP contribution in [0.3, 0.4) is 0 Å². The highest BCUT2D eigenvalue weighted by Crippen LogP contribution is 2.20. The van der Waals surface area contributed by atoms with Gasteiger partial charge in [-0.15, -0.1) is 0 Å². The number of rotatable bonds is 7. The van der Waals surface area contributed by atoms with E-state index in [9.17, 15) is 14.4 Å². The number of nitrogens with one attached hydrogen (secondary N) is 3. The van der Waals surface area contributed by atoms with E-state index in [1.54, 1.807) is 54.6 Å². The van der Waals surface area contributed by atoms with Crippen molar-refractivity contribution in [3.63, 3.8) is 0 Å². The maximum atomic E-state index is 12.2. The second kappa shape index (κ2) is 11.4. The number of ether oxygens (including phenoxy) is 1. The molecule has 0 aromatic heterocycles. The second-order valence-electron chi connectivity index (χ2n) is 6.82. The van der Waals surface area contributed by atoms with E-state index in [1.165, 1.54) is 6.21 Å². The van der Waals surface area contributed by atoms with Gasteiger partial charge in [0, 0.05) is 11.3 Å². The first-order chi connectivity index (χ1) is 15.9. The maximum absolute atomic E-state index is 12.2. The Balaban J connectivity index is 1.54. The summed E-state index contributed by atoms with van der Waals surface area (Å²) >= 11 is 5.96. The summed E-state index contributed by atoms with van der Waals surface area (Å²) in [5.74, 6) is -1.82. The highest BCUT2D eigenvalue weighted by molar-refractivity contribution is 6.41. The van der Waals surface area contributed by atoms with Gasteiger partial charge < -0.3 is 15.4 Å². The molecule has 8 nitrogen and oxygen atoms in total. The molecule has 3 rings (SSSR count). The van der Waals surface area contributed by atoms with E-state index in [0.29, 0.717) is 27.7 Å². The van der Waals surface area contributed by atoms with Crippen molar-refractivity contribution in [2.75, 3.05) is 17.2 Å². The third kappa shape index (κ3) is 6.91. The molecule has 0 heterocycles. The number of halogens is 1. The van der Waals surface area contributed by atoms with Gasteiger partial charge in [-0.25, -0.2) is 5.43 Å². The Hall–Kier alpha value is -4.17. The van der Waals surface area contributed by atoms with Crippen LogP contribution in [-0.2, 0) is 14.4 Å². The van der Waals surface area contributed by atoms with Gasteiger partial charge in [0.25, 0.3) is 5.91 Å². The van der Waals surface area contributed by atoms with E-state index in [4.69, 9.17) is 16.3 Å². The number of anilines is 2. The third-order valence-electron chi connectivity index (χ3n) is 4.39. The molecule has 0 saturated carbocycles. The molecule has 0 aliphatic heterocycles. The van der Waals surface area contributed by atoms with Gasteiger partial charge in [-0.2, -0.15) is 5.10 Å². The van der Waals surface area contributed by atoms with Crippen LogP contribution in [0.1, 0.15) is 11.1 Å². The number of nitrogens with zero attached hydrogens (tertiary/aromatic N) is 1. The molecule has 0 radical (unpaired) electrons. The van der Waals surface area contributed by atoms with Gasteiger partial charge in [0.15, 0.2) is 6.61 Å². The van der Waals surface area contributed by atoms with Crippen LogP contribution < -0.4 is 20.8 Å². The lowest BCUT2D eigenvalue weighted by Gasteiger charge is -2.11. The molecular formula is C24H21ClN4O4. The van der Waals surface area contributed by atoms with E-state index < -0.39 is 11.8 Å². The summed E-state index contributed by atoms with van der Waals surface area (Å²) in [5.41, 5.74) is 4.61. The molecule has 0 fully saturated rings. The van der Waals surface area contributed by atoms with Crippen molar-refractivity contribution in [2.45, 2.75) is 6.92 Å². The topological polar surface area (TPSA) is 109 Å². The Morgan fingerprint density at radius 3 is 2.30 bits per heavy atom. The number of carbonyl (C=O) groups excluding carboxylic acids is 3. The number of aryl methyl sites for hydroxylation is 1. The van der Waals surface area contributed by atoms with Crippen molar-refractivity contribution in [3.05, 3.63) is 88.9 Å². The summed E-state index contributed by atoms with van der Waals surface area (Å²) < 4.78 is 5.60. The predicted octanol–water partition coefficient (Wildman–Crippen LogP) is 3.75. The molecule has 3 N–H and O–H groups in total. The van der Waals surface area contributed by atoms with Gasteiger partial charge >= 0.3 is 11.8 Å². The first-order valence-electron chi connectivity index (χ1n) is 9.90. The summed E-state index contributed by atoms with van der Waals surface area (Å²) in [5, 5.41) is 9.29. The Morgan fingerprint density at radius 2 is 1.55 bits per heavy atom. The van der Waals surface area contributed by atoms with Crippen LogP contribution >= 0.6 is 11.6 Å². The molecule has 0 aliphatic rings. The Labute approximate surface area is 195 Å². The molecular weight excluding hydrogens is 444 g/mol. The largest absolute Gasteiger partial charge is 0.483 e. The zero-order valence-electron chi connectivity index (χ0n) is 17.7. The van der Waals surface area contributed by atoms with Gasteiger partial charge in [-0.05, 0) is 42.8 Å². The number of hydrogen-bond donors (Lipinski definition) is 3. The molecule has 3 aromatic carbocycles. The first-order valence-corrected chi connectivity index (χ1v) is 10.3. The molecule has 0 saturated heterocycles. The van der Waals surface area contributed by atoms with E-state index in [0.717, 1.165) is 5.56 Å². The maximum Gasteiger partial charge on any atom is 0.329 e. The van der Waals surface area contributed by atoms with Crippen LogP contribution in [-0.4, -0.2) is 30.5 Å². The minimum Gasteiger partial charge on any atom is -0.483 e. The normalized spacial score (nSPS) is 10.5. The average Bonchev–Trinajstić information content (AvgIpc) is 2.81. The summed E-state index contributed by atoms with van der Waals surface area (Å²) in [7, 11) is 0. The number of amides is 3. The quantitative estimate of drug-likeness (QED) is 0.281. The third-order valence-corrected chi connectivity index (χ3v) is 4.72. The van der Waals surface area contributed by atoms with Crippen LogP contribution in [0.15, 0.2) is 77.9 Å². The molecule has 3 amide bonds. The lowest BCUT2D eigenvalue weighted by Crippen LogP contribution is -2.32. The Bertz CT molecular complexity index is 1200. The number of hydrazone groups is 1. The molecule has 168 valence electrons. The minimum atomic E-state index is -0.970. The summed E-state index contributed by atoms with van der Waals surface area (Å²) in [4.78, 5) is 36.2. The molecule has 0 atom stereocenters. The zero-order chi connectivity index (χ0) is 23.6. The van der Waals surface area contributed by atoms with Crippen LogP contribution in [0, 0.1) is 6.92 Å². The van der Waals surface area contributed by atoms with E-state index in [1.807, 2.05) is 25.1 Å². The van der Waals surface area contributed by atoms with Crippen molar-refractivity contribution in [1.82, 2.24) is 5.43 Å². The number of benzene rings is 3. The zero-order valence-corrected chi connectivity index (χ0v) is 18.4. The van der Waals surface area contributed by atoms with Gasteiger partial charge in [0.2, 0.25) is 0 Å². The van der Waals surface area contributed by atoms with Crippen molar-refractivity contribution >= 4 is 46.9 Å². The van der Waals surface area contributed by atoms with E-state index in [-0.39, 0.29) is 12.5 Å². The monoisotopic (exact) mass is 464 g/mol. The Morgan fingerprint density at radius 1 is 0.879 bits per heavy atom. The van der Waals surface area contributed by atoms with Crippen LogP contribution in [0.5, 0.6) is 5.75 Å². The van der Waals surface area contributed by atoms with E-state index in [2.05, 4.69) is 21.2 Å². The molecule has 0 unspecified atom stereocenters. The van der Waals surface area contributed by atoms with Crippen molar-refractivity contribution in [3.8, 4) is 5.75 Å². The van der Waals surface area contributed by atoms with Gasteiger partial charge in [-0.3, -0.25) is 14.4 Å². The highest BCUT2D eigenvalue weighted by atomic mass is 35.5. The lowest BCUT2D eigenvalue weighted by atomic mass is 10.2. The summed E-state index contributed by atoms with van der Waals surface area (Å²) in [6, 6.07) is 20.8. The predicted molar refractivity (Wildman–Crippen MR) is 128 cm³/mol. The Kier molecular flexibility index (Phi) is 8.15.